The van der Waals surface area contributed by atoms with Crippen molar-refractivity contribution in [2.45, 2.75) is 13.3 Å². The van der Waals surface area contributed by atoms with Gasteiger partial charge in [0.15, 0.2) is 0 Å². The van der Waals surface area contributed by atoms with Gasteiger partial charge in [-0.3, -0.25) is 4.79 Å². The summed E-state index contributed by atoms with van der Waals surface area (Å²) in [5, 5.41) is 0. The molecule has 0 unspecified atom stereocenters. The third-order valence-corrected chi connectivity index (χ3v) is 3.08. The monoisotopic (exact) mass is 338 g/mol. The molecule has 1 aromatic carbocycles. The summed E-state index contributed by atoms with van der Waals surface area (Å²) in [6.45, 7) is 2.09. The SMILES string of the molecule is CCOC(=O)Cc1cc(Br)c(F)cc1Br. The van der Waals surface area contributed by atoms with Crippen LogP contribution in [0.1, 0.15) is 12.5 Å². The second kappa shape index (κ2) is 5.61. The molecule has 15 heavy (non-hydrogen) atoms. The topological polar surface area (TPSA) is 26.3 Å². The molecule has 0 atom stereocenters. The lowest BCUT2D eigenvalue weighted by atomic mass is 10.1. The maximum atomic E-state index is 13.1. The molecule has 2 nitrogen and oxygen atoms in total. The summed E-state index contributed by atoms with van der Waals surface area (Å²) in [5.74, 6) is -0.689. The molecule has 0 heterocycles. The van der Waals surface area contributed by atoms with E-state index >= 15 is 0 Å². The summed E-state index contributed by atoms with van der Waals surface area (Å²) in [6, 6.07) is 2.88. The van der Waals surface area contributed by atoms with Gasteiger partial charge in [-0.1, -0.05) is 15.9 Å². The summed E-state index contributed by atoms with van der Waals surface area (Å²) >= 11 is 6.25. The molecule has 0 N–H and O–H groups in total. The van der Waals surface area contributed by atoms with Crippen LogP contribution in [0, 0.1) is 5.82 Å². The van der Waals surface area contributed by atoms with Crippen molar-refractivity contribution in [1.82, 2.24) is 0 Å². The van der Waals surface area contributed by atoms with Gasteiger partial charge < -0.3 is 4.74 Å². The predicted octanol–water partition coefficient (Wildman–Crippen LogP) is 3.46. The average Bonchev–Trinajstić information content (AvgIpc) is 2.14. The van der Waals surface area contributed by atoms with Gasteiger partial charge >= 0.3 is 5.97 Å². The standard InChI is InChI=1S/C10H9Br2FO2/c1-2-15-10(14)4-6-3-8(12)9(13)5-7(6)11/h3,5H,2,4H2,1H3. The number of ether oxygens (including phenoxy) is 1. The molecule has 0 saturated carbocycles. The fraction of sp³-hybridized carbons (Fsp3) is 0.300. The Kier molecular flexibility index (Phi) is 4.73. The Balaban J connectivity index is 2.86. The normalized spacial score (nSPS) is 10.1. The number of hydrogen-bond acceptors (Lipinski definition) is 2. The van der Waals surface area contributed by atoms with Gasteiger partial charge in [0.05, 0.1) is 17.5 Å². The Labute approximate surface area is 104 Å². The predicted molar refractivity (Wildman–Crippen MR) is 62.1 cm³/mol. The maximum absolute atomic E-state index is 13.1. The summed E-state index contributed by atoms with van der Waals surface area (Å²) in [4.78, 5) is 11.2. The van der Waals surface area contributed by atoms with Crippen molar-refractivity contribution < 1.29 is 13.9 Å². The van der Waals surface area contributed by atoms with E-state index in [2.05, 4.69) is 31.9 Å². The van der Waals surface area contributed by atoms with Crippen LogP contribution in [-0.2, 0) is 16.0 Å². The molecule has 0 aromatic heterocycles. The average molecular weight is 340 g/mol. The first-order chi connectivity index (χ1) is 7.04. The fourth-order valence-corrected chi connectivity index (χ4v) is 1.91. The molecule has 82 valence electrons. The van der Waals surface area contributed by atoms with Crippen molar-refractivity contribution in [2.75, 3.05) is 6.61 Å². The molecule has 0 saturated heterocycles. The van der Waals surface area contributed by atoms with Crippen molar-refractivity contribution in [3.8, 4) is 0 Å². The minimum Gasteiger partial charge on any atom is -0.466 e. The van der Waals surface area contributed by atoms with Crippen LogP contribution in [0.15, 0.2) is 21.1 Å². The Bertz CT molecular complexity index is 380. The molecular weight excluding hydrogens is 331 g/mol. The van der Waals surface area contributed by atoms with Gasteiger partial charge in [0.1, 0.15) is 5.82 Å². The first-order valence-electron chi connectivity index (χ1n) is 4.33. The zero-order valence-electron chi connectivity index (χ0n) is 8.02. The molecule has 0 fully saturated rings. The first kappa shape index (κ1) is 12.6. The number of carbonyl (C=O) groups is 1. The summed E-state index contributed by atoms with van der Waals surface area (Å²) in [5.41, 5.74) is 0.696. The van der Waals surface area contributed by atoms with Crippen LogP contribution in [0.2, 0.25) is 0 Å². The summed E-state index contributed by atoms with van der Waals surface area (Å²) < 4.78 is 18.8. The first-order valence-corrected chi connectivity index (χ1v) is 5.92. The van der Waals surface area contributed by atoms with Crippen LogP contribution in [0.3, 0.4) is 0 Å². The molecule has 0 amide bonds. The van der Waals surface area contributed by atoms with E-state index in [0.29, 0.717) is 21.1 Å². The Morgan fingerprint density at radius 3 is 2.67 bits per heavy atom. The highest BCUT2D eigenvalue weighted by atomic mass is 79.9. The molecule has 0 radical (unpaired) electrons. The van der Waals surface area contributed by atoms with Crippen molar-refractivity contribution in [2.24, 2.45) is 0 Å². The summed E-state index contributed by atoms with van der Waals surface area (Å²) in [6.07, 6.45) is 0.132. The molecule has 0 bridgehead atoms. The smallest absolute Gasteiger partial charge is 0.310 e. The second-order valence-electron chi connectivity index (χ2n) is 2.84. The minimum absolute atomic E-state index is 0.132. The quantitative estimate of drug-likeness (QED) is 0.622. The number of hydrogen-bond donors (Lipinski definition) is 0. The number of halogens is 3. The van der Waals surface area contributed by atoms with Crippen LogP contribution in [0.25, 0.3) is 0 Å². The Morgan fingerprint density at radius 2 is 2.07 bits per heavy atom. The Hall–Kier alpha value is -0.420. The van der Waals surface area contributed by atoms with Crippen LogP contribution in [0.5, 0.6) is 0 Å². The van der Waals surface area contributed by atoms with Crippen molar-refractivity contribution in [1.29, 1.82) is 0 Å². The third kappa shape index (κ3) is 3.57. The van der Waals surface area contributed by atoms with E-state index in [4.69, 9.17) is 4.74 Å². The summed E-state index contributed by atoms with van der Waals surface area (Å²) in [7, 11) is 0. The number of esters is 1. The highest BCUT2D eigenvalue weighted by Gasteiger charge is 2.10. The minimum atomic E-state index is -0.366. The molecule has 1 rings (SSSR count). The van der Waals surface area contributed by atoms with E-state index in [-0.39, 0.29) is 18.2 Å². The second-order valence-corrected chi connectivity index (χ2v) is 4.55. The van der Waals surface area contributed by atoms with Gasteiger partial charge in [0, 0.05) is 4.47 Å². The zero-order chi connectivity index (χ0) is 11.4. The molecule has 5 heteroatoms. The highest BCUT2D eigenvalue weighted by Crippen LogP contribution is 2.25. The highest BCUT2D eigenvalue weighted by molar-refractivity contribution is 9.11. The third-order valence-electron chi connectivity index (χ3n) is 1.73. The molecule has 1 aromatic rings. The molecule has 0 spiro atoms. The van der Waals surface area contributed by atoms with E-state index in [9.17, 15) is 9.18 Å². The molecule has 0 aliphatic rings. The van der Waals surface area contributed by atoms with E-state index in [0.717, 1.165) is 0 Å². The van der Waals surface area contributed by atoms with Crippen LogP contribution < -0.4 is 0 Å². The molecule has 0 aliphatic heterocycles. The fourth-order valence-electron chi connectivity index (χ4n) is 1.07. The van der Waals surface area contributed by atoms with E-state index in [1.54, 1.807) is 13.0 Å². The Morgan fingerprint density at radius 1 is 1.40 bits per heavy atom. The van der Waals surface area contributed by atoms with Gasteiger partial charge in [-0.15, -0.1) is 0 Å². The maximum Gasteiger partial charge on any atom is 0.310 e. The van der Waals surface area contributed by atoms with Crippen LogP contribution in [-0.4, -0.2) is 12.6 Å². The van der Waals surface area contributed by atoms with Gasteiger partial charge in [-0.25, -0.2) is 4.39 Å². The van der Waals surface area contributed by atoms with Crippen LogP contribution in [0.4, 0.5) is 4.39 Å². The van der Waals surface area contributed by atoms with E-state index in [1.807, 2.05) is 0 Å². The van der Waals surface area contributed by atoms with Gasteiger partial charge in [0.25, 0.3) is 0 Å². The number of rotatable bonds is 3. The molecule has 0 aliphatic carbocycles. The van der Waals surface area contributed by atoms with E-state index in [1.165, 1.54) is 6.07 Å². The largest absolute Gasteiger partial charge is 0.466 e. The van der Waals surface area contributed by atoms with Crippen LogP contribution >= 0.6 is 31.9 Å². The van der Waals surface area contributed by atoms with Crippen molar-refractivity contribution in [3.63, 3.8) is 0 Å². The van der Waals surface area contributed by atoms with Crippen molar-refractivity contribution >= 4 is 37.8 Å². The van der Waals surface area contributed by atoms with Crippen molar-refractivity contribution in [3.05, 3.63) is 32.5 Å². The number of benzene rings is 1. The lowest BCUT2D eigenvalue weighted by Gasteiger charge is -2.05. The molecular formula is C10H9Br2FO2. The lowest BCUT2D eigenvalue weighted by Crippen LogP contribution is -2.08. The zero-order valence-corrected chi connectivity index (χ0v) is 11.2. The van der Waals surface area contributed by atoms with Gasteiger partial charge in [-0.05, 0) is 40.5 Å². The van der Waals surface area contributed by atoms with E-state index < -0.39 is 0 Å². The number of carbonyl (C=O) groups excluding carboxylic acids is 1. The van der Waals surface area contributed by atoms with Gasteiger partial charge in [0.2, 0.25) is 0 Å². The lowest BCUT2D eigenvalue weighted by molar-refractivity contribution is -0.142. The van der Waals surface area contributed by atoms with Gasteiger partial charge in [-0.2, -0.15) is 0 Å².